The van der Waals surface area contributed by atoms with Gasteiger partial charge in [-0.05, 0) is 20.3 Å². The molecule has 2 aliphatic rings. The van der Waals surface area contributed by atoms with E-state index in [0.29, 0.717) is 12.0 Å². The molecule has 2 N–H and O–H groups in total. The van der Waals surface area contributed by atoms with Crippen molar-refractivity contribution in [2.75, 3.05) is 20.2 Å². The van der Waals surface area contributed by atoms with Crippen LogP contribution in [0.4, 0.5) is 0 Å². The highest BCUT2D eigenvalue weighted by atomic mass is 16.5. The Bertz CT molecular complexity index is 645. The first-order valence-corrected chi connectivity index (χ1v) is 7.39. The Morgan fingerprint density at radius 1 is 1.48 bits per heavy atom. The van der Waals surface area contributed by atoms with Crippen molar-refractivity contribution in [3.8, 4) is 0 Å². The second-order valence-electron chi connectivity index (χ2n) is 5.43. The summed E-state index contributed by atoms with van der Waals surface area (Å²) in [5, 5.41) is 12.7. The summed E-state index contributed by atoms with van der Waals surface area (Å²) in [6.45, 7) is 3.37. The van der Waals surface area contributed by atoms with Gasteiger partial charge in [-0.2, -0.15) is 0 Å². The van der Waals surface area contributed by atoms with Crippen LogP contribution in [0.15, 0.2) is 34.6 Å². The number of amides is 2. The Hall–Kier alpha value is -2.57. The molecule has 0 saturated carbocycles. The molecule has 1 unspecified atom stereocenters. The maximum atomic E-state index is 12.4. The maximum absolute atomic E-state index is 12.4. The molecular formula is C16H20N2O5. The molecule has 0 aromatic carbocycles. The van der Waals surface area contributed by atoms with Crippen molar-refractivity contribution in [3.05, 3.63) is 34.6 Å². The van der Waals surface area contributed by atoms with Gasteiger partial charge < -0.3 is 20.1 Å². The topological polar surface area (TPSA) is 95.9 Å². The number of carbonyl (C=O) groups excluding carboxylic acids is 3. The SMILES string of the molecule is CCOC(=O)CNC(=O)C1=C(O)C2=CC(C)=CCC2N(C)C1=O. The number of nitrogens with zero attached hydrogens (tertiary/aromatic N) is 1. The van der Waals surface area contributed by atoms with Crippen LogP contribution in [0.25, 0.3) is 0 Å². The Kier molecular flexibility index (Phi) is 4.88. The lowest BCUT2D eigenvalue weighted by Gasteiger charge is -2.36. The molecule has 0 aromatic heterocycles. The van der Waals surface area contributed by atoms with E-state index in [1.165, 1.54) is 4.90 Å². The molecule has 0 aromatic rings. The van der Waals surface area contributed by atoms with Crippen molar-refractivity contribution >= 4 is 17.8 Å². The minimum absolute atomic E-state index is 0.199. The van der Waals surface area contributed by atoms with Crippen molar-refractivity contribution in [2.45, 2.75) is 26.3 Å². The highest BCUT2D eigenvalue weighted by Gasteiger charge is 2.39. The Balaban J connectivity index is 2.26. The first kappa shape index (κ1) is 16.8. The molecule has 2 amide bonds. The molecule has 0 saturated heterocycles. The summed E-state index contributed by atoms with van der Waals surface area (Å²) < 4.78 is 4.71. The van der Waals surface area contributed by atoms with Crippen molar-refractivity contribution in [1.82, 2.24) is 10.2 Å². The van der Waals surface area contributed by atoms with Crippen LogP contribution in [-0.4, -0.2) is 54.0 Å². The standard InChI is InChI=1S/C16H20N2O5/c1-4-23-12(19)8-17-15(21)13-14(20)10-7-9(2)5-6-11(10)18(3)16(13)22/h5,7,11,20H,4,6,8H2,1-3H3,(H,17,21). The fourth-order valence-electron chi connectivity index (χ4n) is 2.64. The molecule has 1 aliphatic heterocycles. The number of hydrogen-bond acceptors (Lipinski definition) is 5. The molecule has 7 heteroatoms. The molecule has 1 heterocycles. The number of likely N-dealkylation sites (N-methyl/N-ethyl adjacent to an activating group) is 1. The van der Waals surface area contributed by atoms with Gasteiger partial charge in [-0.3, -0.25) is 14.4 Å². The van der Waals surface area contributed by atoms with Crippen molar-refractivity contribution in [3.63, 3.8) is 0 Å². The minimum atomic E-state index is -0.793. The first-order chi connectivity index (χ1) is 10.9. The van der Waals surface area contributed by atoms with Crippen molar-refractivity contribution in [2.24, 2.45) is 0 Å². The Morgan fingerprint density at radius 3 is 2.83 bits per heavy atom. The number of rotatable bonds is 4. The third-order valence-corrected chi connectivity index (χ3v) is 3.84. The Morgan fingerprint density at radius 2 is 2.17 bits per heavy atom. The zero-order valence-corrected chi connectivity index (χ0v) is 13.4. The number of carbonyl (C=O) groups is 3. The molecule has 0 fully saturated rings. The van der Waals surface area contributed by atoms with Gasteiger partial charge in [-0.1, -0.05) is 17.7 Å². The first-order valence-electron chi connectivity index (χ1n) is 7.39. The molecule has 0 spiro atoms. The molecule has 124 valence electrons. The van der Waals surface area contributed by atoms with E-state index < -0.39 is 17.8 Å². The van der Waals surface area contributed by atoms with Gasteiger partial charge in [-0.15, -0.1) is 0 Å². The van der Waals surface area contributed by atoms with Crippen molar-refractivity contribution < 1.29 is 24.2 Å². The van der Waals surface area contributed by atoms with E-state index in [2.05, 4.69) is 5.32 Å². The number of fused-ring (bicyclic) bond motifs is 1. The Labute approximate surface area is 134 Å². The lowest BCUT2D eigenvalue weighted by molar-refractivity contribution is -0.143. The number of aliphatic hydroxyl groups excluding tert-OH is 1. The quantitative estimate of drug-likeness (QED) is 0.584. The highest BCUT2D eigenvalue weighted by molar-refractivity contribution is 6.20. The lowest BCUT2D eigenvalue weighted by Crippen LogP contribution is -2.48. The van der Waals surface area contributed by atoms with E-state index in [4.69, 9.17) is 4.74 Å². The third kappa shape index (κ3) is 3.28. The van der Waals surface area contributed by atoms with Crippen LogP contribution >= 0.6 is 0 Å². The largest absolute Gasteiger partial charge is 0.507 e. The average molecular weight is 320 g/mol. The normalized spacial score (nSPS) is 20.6. The van der Waals surface area contributed by atoms with Gasteiger partial charge in [0.2, 0.25) is 0 Å². The lowest BCUT2D eigenvalue weighted by atomic mass is 9.87. The summed E-state index contributed by atoms with van der Waals surface area (Å²) in [6, 6.07) is -0.284. The summed E-state index contributed by atoms with van der Waals surface area (Å²) in [6.07, 6.45) is 4.31. The average Bonchev–Trinajstić information content (AvgIpc) is 2.51. The van der Waals surface area contributed by atoms with Crippen LogP contribution in [-0.2, 0) is 19.1 Å². The minimum Gasteiger partial charge on any atom is -0.507 e. The molecule has 23 heavy (non-hydrogen) atoms. The number of aliphatic hydroxyl groups is 1. The zero-order valence-electron chi connectivity index (χ0n) is 13.4. The summed E-state index contributed by atoms with van der Waals surface area (Å²) in [5.74, 6) is -2.30. The monoisotopic (exact) mass is 320 g/mol. The zero-order chi connectivity index (χ0) is 17.1. The number of ether oxygens (including phenoxy) is 1. The number of hydrogen-bond donors (Lipinski definition) is 2. The number of allylic oxidation sites excluding steroid dienone is 2. The van der Waals surface area contributed by atoms with Gasteiger partial charge in [0.05, 0.1) is 12.6 Å². The smallest absolute Gasteiger partial charge is 0.325 e. The van der Waals surface area contributed by atoms with Gasteiger partial charge in [0.1, 0.15) is 17.9 Å². The van der Waals surface area contributed by atoms with Crippen LogP contribution < -0.4 is 5.32 Å². The molecule has 1 atom stereocenters. The molecule has 7 nitrogen and oxygen atoms in total. The van der Waals surface area contributed by atoms with E-state index in [1.54, 1.807) is 20.0 Å². The maximum Gasteiger partial charge on any atom is 0.325 e. The predicted octanol–water partition coefficient (Wildman–Crippen LogP) is 0.595. The van der Waals surface area contributed by atoms with E-state index in [1.807, 2.05) is 13.0 Å². The molecule has 0 radical (unpaired) electrons. The fraction of sp³-hybridized carbons (Fsp3) is 0.438. The van der Waals surface area contributed by atoms with E-state index in [-0.39, 0.29) is 30.5 Å². The summed E-state index contributed by atoms with van der Waals surface area (Å²) in [7, 11) is 1.58. The highest BCUT2D eigenvalue weighted by Crippen LogP contribution is 2.33. The van der Waals surface area contributed by atoms with E-state index in [0.717, 1.165) is 5.57 Å². The molecular weight excluding hydrogens is 300 g/mol. The van der Waals surface area contributed by atoms with Gasteiger partial charge in [0.15, 0.2) is 0 Å². The van der Waals surface area contributed by atoms with Crippen LogP contribution in [0.1, 0.15) is 20.3 Å². The summed E-state index contributed by atoms with van der Waals surface area (Å²) in [5.41, 5.74) is 1.14. The predicted molar refractivity (Wildman–Crippen MR) is 82.3 cm³/mol. The van der Waals surface area contributed by atoms with Crippen LogP contribution in [0.2, 0.25) is 0 Å². The van der Waals surface area contributed by atoms with Gasteiger partial charge in [0.25, 0.3) is 11.8 Å². The summed E-state index contributed by atoms with van der Waals surface area (Å²) >= 11 is 0. The summed E-state index contributed by atoms with van der Waals surface area (Å²) in [4.78, 5) is 37.3. The number of esters is 1. The number of nitrogens with one attached hydrogen (secondary N) is 1. The van der Waals surface area contributed by atoms with Crippen LogP contribution in [0.5, 0.6) is 0 Å². The van der Waals surface area contributed by atoms with Crippen LogP contribution in [0.3, 0.4) is 0 Å². The molecule has 1 aliphatic carbocycles. The second kappa shape index (κ2) is 6.68. The van der Waals surface area contributed by atoms with Gasteiger partial charge in [-0.25, -0.2) is 0 Å². The fourth-order valence-corrected chi connectivity index (χ4v) is 2.64. The third-order valence-electron chi connectivity index (χ3n) is 3.84. The van der Waals surface area contributed by atoms with Gasteiger partial charge in [0, 0.05) is 12.6 Å². The van der Waals surface area contributed by atoms with Gasteiger partial charge >= 0.3 is 5.97 Å². The second-order valence-corrected chi connectivity index (χ2v) is 5.43. The van der Waals surface area contributed by atoms with Crippen LogP contribution in [0, 0.1) is 0 Å². The van der Waals surface area contributed by atoms with Crippen molar-refractivity contribution in [1.29, 1.82) is 0 Å². The molecule has 2 rings (SSSR count). The van der Waals surface area contributed by atoms with E-state index >= 15 is 0 Å². The molecule has 0 bridgehead atoms. The van der Waals surface area contributed by atoms with E-state index in [9.17, 15) is 19.5 Å².